The van der Waals surface area contributed by atoms with Crippen LogP contribution in [0.3, 0.4) is 0 Å². The van der Waals surface area contributed by atoms with Crippen LogP contribution in [0.1, 0.15) is 53.4 Å². The monoisotopic (exact) mass is 312 g/mol. The number of esters is 1. The lowest BCUT2D eigenvalue weighted by Gasteiger charge is -2.53. The molecule has 22 heavy (non-hydrogen) atoms. The molecule has 1 spiro atoms. The van der Waals surface area contributed by atoms with E-state index in [1.165, 1.54) is 6.92 Å². The number of carbonyl (C=O) groups excluding carboxylic acids is 1. The highest BCUT2D eigenvalue weighted by Crippen LogP contribution is 2.72. The summed E-state index contributed by atoms with van der Waals surface area (Å²) in [5.41, 5.74) is -1.35. The fourth-order valence-electron chi connectivity index (χ4n) is 5.36. The van der Waals surface area contributed by atoms with Crippen molar-refractivity contribution in [3.05, 3.63) is 0 Å². The molecule has 0 aromatic carbocycles. The molecular formula is C17H28O5. The van der Waals surface area contributed by atoms with Crippen LogP contribution < -0.4 is 0 Å². The zero-order valence-corrected chi connectivity index (χ0v) is 14.0. The van der Waals surface area contributed by atoms with Gasteiger partial charge in [0.1, 0.15) is 11.7 Å². The molecule has 3 fully saturated rings. The van der Waals surface area contributed by atoms with E-state index in [1.807, 2.05) is 6.92 Å². The van der Waals surface area contributed by atoms with E-state index in [1.54, 1.807) is 0 Å². The van der Waals surface area contributed by atoms with Gasteiger partial charge >= 0.3 is 5.97 Å². The Hall–Kier alpha value is -0.650. The molecule has 0 aromatic heterocycles. The first-order valence-electron chi connectivity index (χ1n) is 8.38. The highest BCUT2D eigenvalue weighted by Gasteiger charge is 2.83. The molecule has 2 aliphatic carbocycles. The second kappa shape index (κ2) is 4.92. The minimum Gasteiger partial charge on any atom is -0.462 e. The van der Waals surface area contributed by atoms with E-state index in [2.05, 4.69) is 13.8 Å². The molecule has 0 radical (unpaired) electrons. The van der Waals surface area contributed by atoms with Gasteiger partial charge in [-0.05, 0) is 44.4 Å². The lowest BCUT2D eigenvalue weighted by Crippen LogP contribution is -2.64. The quantitative estimate of drug-likeness (QED) is 0.612. The van der Waals surface area contributed by atoms with Gasteiger partial charge in [0, 0.05) is 18.9 Å². The maximum Gasteiger partial charge on any atom is 0.302 e. The van der Waals surface area contributed by atoms with Gasteiger partial charge in [0.2, 0.25) is 0 Å². The fourth-order valence-corrected chi connectivity index (χ4v) is 5.36. The van der Waals surface area contributed by atoms with Crippen molar-refractivity contribution < 1.29 is 24.5 Å². The average Bonchev–Trinajstić information content (AvgIpc) is 3.09. The average molecular weight is 312 g/mol. The van der Waals surface area contributed by atoms with Crippen molar-refractivity contribution >= 4 is 5.97 Å². The Balaban J connectivity index is 1.95. The molecule has 0 aromatic rings. The number of rotatable bonds is 3. The van der Waals surface area contributed by atoms with Gasteiger partial charge in [-0.3, -0.25) is 4.79 Å². The fraction of sp³-hybridized carbons (Fsp3) is 0.941. The Morgan fingerprint density at radius 2 is 2.05 bits per heavy atom. The van der Waals surface area contributed by atoms with Crippen molar-refractivity contribution in [2.45, 2.75) is 76.8 Å². The molecule has 126 valence electrons. The summed E-state index contributed by atoms with van der Waals surface area (Å²) in [6.07, 6.45) is 2.39. The molecule has 0 amide bonds. The Morgan fingerprint density at radius 1 is 1.36 bits per heavy atom. The summed E-state index contributed by atoms with van der Waals surface area (Å²) in [6, 6.07) is 0. The largest absolute Gasteiger partial charge is 0.462 e. The number of aliphatic hydroxyl groups is 2. The van der Waals surface area contributed by atoms with Gasteiger partial charge in [-0.25, -0.2) is 0 Å². The second-order valence-corrected chi connectivity index (χ2v) is 7.93. The van der Waals surface area contributed by atoms with Gasteiger partial charge in [0.25, 0.3) is 0 Å². The van der Waals surface area contributed by atoms with Crippen molar-refractivity contribution in [1.29, 1.82) is 0 Å². The number of hydrogen-bond acceptors (Lipinski definition) is 5. The minimum absolute atomic E-state index is 0.0241. The summed E-state index contributed by atoms with van der Waals surface area (Å²) in [7, 11) is 0. The summed E-state index contributed by atoms with van der Waals surface area (Å²) in [5.74, 6) is -0.210. The van der Waals surface area contributed by atoms with Crippen LogP contribution in [-0.2, 0) is 14.3 Å². The van der Waals surface area contributed by atoms with Crippen LogP contribution in [0.15, 0.2) is 0 Å². The molecule has 5 nitrogen and oxygen atoms in total. The number of aliphatic hydroxyl groups excluding tert-OH is 2. The number of epoxide rings is 1. The lowest BCUT2D eigenvalue weighted by atomic mass is 9.51. The molecule has 0 unspecified atom stereocenters. The van der Waals surface area contributed by atoms with Crippen LogP contribution in [0.2, 0.25) is 0 Å². The van der Waals surface area contributed by atoms with Crippen LogP contribution in [0.5, 0.6) is 0 Å². The third kappa shape index (κ3) is 1.85. The first kappa shape index (κ1) is 16.2. The van der Waals surface area contributed by atoms with E-state index in [9.17, 15) is 15.0 Å². The maximum absolute atomic E-state index is 11.5. The predicted octanol–water partition coefficient (Wildman–Crippen LogP) is 1.65. The van der Waals surface area contributed by atoms with E-state index in [-0.39, 0.29) is 41.5 Å². The van der Waals surface area contributed by atoms with Gasteiger partial charge in [-0.1, -0.05) is 13.8 Å². The summed E-state index contributed by atoms with van der Waals surface area (Å²) in [6.45, 7) is 7.63. The van der Waals surface area contributed by atoms with Gasteiger partial charge in [0.05, 0.1) is 11.7 Å². The van der Waals surface area contributed by atoms with Crippen LogP contribution in [0, 0.1) is 17.3 Å². The van der Waals surface area contributed by atoms with E-state index in [0.717, 1.165) is 25.7 Å². The molecule has 1 heterocycles. The molecule has 1 aliphatic heterocycles. The highest BCUT2D eigenvalue weighted by molar-refractivity contribution is 5.66. The Labute approximate surface area is 132 Å². The van der Waals surface area contributed by atoms with Crippen molar-refractivity contribution in [3.8, 4) is 0 Å². The number of hydrogen-bond donors (Lipinski definition) is 2. The first-order valence-corrected chi connectivity index (χ1v) is 8.38. The first-order chi connectivity index (χ1) is 10.2. The molecule has 3 rings (SSSR count). The van der Waals surface area contributed by atoms with Gasteiger partial charge < -0.3 is 19.7 Å². The van der Waals surface area contributed by atoms with E-state index in [4.69, 9.17) is 9.47 Å². The number of carbonyl (C=O) groups is 1. The topological polar surface area (TPSA) is 79.3 Å². The second-order valence-electron chi connectivity index (χ2n) is 7.93. The van der Waals surface area contributed by atoms with Crippen LogP contribution >= 0.6 is 0 Å². The maximum atomic E-state index is 11.5. The van der Waals surface area contributed by atoms with Gasteiger partial charge in [0.15, 0.2) is 0 Å². The third-order valence-electron chi connectivity index (χ3n) is 6.72. The summed E-state index contributed by atoms with van der Waals surface area (Å²) < 4.78 is 11.8. The standard InChI is InChI=1S/C17H28O5/c1-10(9-18)12-5-7-15(3)13(21-11(2)19)6-8-16(4)17(15,22-16)14(12)20/h10,12-14,18,20H,5-9H2,1-4H3/t10-,12-,13+,14-,15-,16-,17+/m0/s1. The van der Waals surface area contributed by atoms with Crippen molar-refractivity contribution in [1.82, 2.24) is 0 Å². The normalized spacial score (nSPS) is 51.5. The van der Waals surface area contributed by atoms with Crippen LogP contribution in [0.4, 0.5) is 0 Å². The molecule has 7 atom stereocenters. The molecule has 0 bridgehead atoms. The molecule has 2 saturated carbocycles. The highest BCUT2D eigenvalue weighted by atomic mass is 16.6. The Bertz CT molecular complexity index is 480. The van der Waals surface area contributed by atoms with Crippen molar-refractivity contribution in [2.75, 3.05) is 6.61 Å². The smallest absolute Gasteiger partial charge is 0.302 e. The van der Waals surface area contributed by atoms with E-state index in [0.29, 0.717) is 0 Å². The number of ether oxygens (including phenoxy) is 2. The van der Waals surface area contributed by atoms with Gasteiger partial charge in [-0.2, -0.15) is 0 Å². The molecular weight excluding hydrogens is 284 g/mol. The molecule has 5 heteroatoms. The minimum atomic E-state index is -0.648. The predicted molar refractivity (Wildman–Crippen MR) is 80.1 cm³/mol. The van der Waals surface area contributed by atoms with Crippen molar-refractivity contribution in [3.63, 3.8) is 0 Å². The molecule has 3 aliphatic rings. The van der Waals surface area contributed by atoms with Crippen LogP contribution in [-0.4, -0.2) is 46.2 Å². The Kier molecular flexibility index (Phi) is 3.63. The summed E-state index contributed by atoms with van der Waals surface area (Å²) >= 11 is 0. The Morgan fingerprint density at radius 3 is 2.64 bits per heavy atom. The van der Waals surface area contributed by atoms with E-state index < -0.39 is 11.7 Å². The molecule has 1 saturated heterocycles. The SMILES string of the molecule is CC(=O)O[C@@H]1CC[C@]2(C)O[C@@]23[C@@H](O)[C@H]([C@@H](C)CO)CC[C@@]13C. The third-order valence-corrected chi connectivity index (χ3v) is 6.72. The lowest BCUT2D eigenvalue weighted by molar-refractivity contribution is -0.179. The molecule has 2 N–H and O–H groups in total. The van der Waals surface area contributed by atoms with Crippen LogP contribution in [0.25, 0.3) is 0 Å². The zero-order valence-electron chi connectivity index (χ0n) is 14.0. The summed E-state index contributed by atoms with van der Waals surface area (Å²) in [5, 5.41) is 20.5. The zero-order chi connectivity index (χ0) is 16.3. The van der Waals surface area contributed by atoms with E-state index >= 15 is 0 Å². The van der Waals surface area contributed by atoms with Crippen molar-refractivity contribution in [2.24, 2.45) is 17.3 Å². The van der Waals surface area contributed by atoms with Gasteiger partial charge in [-0.15, -0.1) is 0 Å². The summed E-state index contributed by atoms with van der Waals surface area (Å²) in [4.78, 5) is 11.5.